The van der Waals surface area contributed by atoms with Gasteiger partial charge in [-0.05, 0) is 66.9 Å². The molecule has 1 atom stereocenters. The zero-order valence-electron chi connectivity index (χ0n) is 16.6. The number of carbonyl (C=O) groups excluding carboxylic acids is 1. The first-order valence-electron chi connectivity index (χ1n) is 8.76. The largest absolute Gasteiger partial charge is 1.00 e. The molecule has 5 nitrogen and oxygen atoms in total. The van der Waals surface area contributed by atoms with Crippen molar-refractivity contribution in [1.29, 1.82) is 0 Å². The van der Waals surface area contributed by atoms with Gasteiger partial charge in [0.2, 0.25) is 0 Å². The molecule has 3 aromatic carbocycles. The van der Waals surface area contributed by atoms with Gasteiger partial charge in [-0.15, -0.1) is 0 Å². The molecule has 144 valence electrons. The van der Waals surface area contributed by atoms with Gasteiger partial charge in [0.05, 0.1) is 0 Å². The second kappa shape index (κ2) is 10.2. The number of benzene rings is 3. The minimum atomic E-state index is -4.60. The fraction of sp³-hybridized carbons (Fsp3) is 0.136. The van der Waals surface area contributed by atoms with Gasteiger partial charge in [-0.25, -0.2) is 4.57 Å². The number of hydrogen-bond donors (Lipinski definition) is 0. The molecule has 0 aromatic heterocycles. The fourth-order valence-corrected chi connectivity index (χ4v) is 3.63. The number of carbonyl (C=O) groups is 1. The van der Waals surface area contributed by atoms with Crippen molar-refractivity contribution in [3.63, 3.8) is 0 Å². The Bertz CT molecular complexity index is 999. The molecule has 0 aliphatic heterocycles. The molecule has 1 unspecified atom stereocenters. The third-order valence-electron chi connectivity index (χ3n) is 4.01. The van der Waals surface area contributed by atoms with E-state index in [0.717, 1.165) is 16.7 Å². The number of phosphoric ester groups is 1. The summed E-state index contributed by atoms with van der Waals surface area (Å²) < 4.78 is 22.2. The molecule has 0 aliphatic carbocycles. The van der Waals surface area contributed by atoms with Gasteiger partial charge < -0.3 is 13.9 Å². The molecule has 0 saturated heterocycles. The van der Waals surface area contributed by atoms with E-state index < -0.39 is 7.82 Å². The minimum absolute atomic E-state index is 0. The Hall–Kier alpha value is -1.88. The normalized spacial score (nSPS) is 12.4. The standard InChI is InChI=1S/C22H21O5P.Na/c1-16-12-17(2)14-21(13-16)27-28(24,25)26-20-10-8-19(9-11-20)22(23)15-18-6-4-3-5-7-18;/h3-14H,15H2,1-2H3,(H,24,25);/q;+1/p-1. The Kier molecular flexibility index (Phi) is 8.26. The maximum absolute atomic E-state index is 12.3. The zero-order chi connectivity index (χ0) is 20.1. The summed E-state index contributed by atoms with van der Waals surface area (Å²) >= 11 is 0. The minimum Gasteiger partial charge on any atom is -0.736 e. The van der Waals surface area contributed by atoms with Crippen molar-refractivity contribution in [2.45, 2.75) is 20.3 Å². The van der Waals surface area contributed by atoms with Crippen LogP contribution in [0, 0.1) is 13.8 Å². The molecule has 3 aromatic rings. The summed E-state index contributed by atoms with van der Waals surface area (Å²) in [5.41, 5.74) is 3.17. The monoisotopic (exact) mass is 418 g/mol. The van der Waals surface area contributed by atoms with Crippen LogP contribution in [-0.2, 0) is 11.0 Å². The van der Waals surface area contributed by atoms with Crippen molar-refractivity contribution in [1.82, 2.24) is 0 Å². The third-order valence-corrected chi connectivity index (χ3v) is 4.88. The van der Waals surface area contributed by atoms with E-state index in [-0.39, 0.29) is 53.3 Å². The molecule has 0 aliphatic rings. The molecule has 3 rings (SSSR count). The Labute approximate surface area is 192 Å². The van der Waals surface area contributed by atoms with Gasteiger partial charge in [-0.1, -0.05) is 36.4 Å². The average molecular weight is 418 g/mol. The molecule has 0 fully saturated rings. The molecule has 0 spiro atoms. The SMILES string of the molecule is Cc1cc(C)cc(OP(=O)([O-])Oc2ccc(C(=O)Cc3ccccc3)cc2)c1.[Na+]. The fourth-order valence-electron chi connectivity index (χ4n) is 2.85. The van der Waals surface area contributed by atoms with Crippen molar-refractivity contribution in [3.8, 4) is 11.5 Å². The molecule has 29 heavy (non-hydrogen) atoms. The van der Waals surface area contributed by atoms with Crippen molar-refractivity contribution >= 4 is 13.6 Å². The van der Waals surface area contributed by atoms with Crippen LogP contribution < -0.4 is 43.5 Å². The van der Waals surface area contributed by atoms with E-state index in [1.54, 1.807) is 12.1 Å². The van der Waals surface area contributed by atoms with Crippen molar-refractivity contribution in [2.75, 3.05) is 0 Å². The maximum atomic E-state index is 12.3. The van der Waals surface area contributed by atoms with Gasteiger partial charge in [-0.2, -0.15) is 0 Å². The Morgan fingerprint density at radius 1 is 0.862 bits per heavy atom. The molecule has 0 amide bonds. The second-order valence-electron chi connectivity index (χ2n) is 6.56. The number of rotatable bonds is 7. The van der Waals surface area contributed by atoms with Crippen molar-refractivity contribution in [2.24, 2.45) is 0 Å². The predicted octanol–water partition coefficient (Wildman–Crippen LogP) is 1.66. The molecular formula is C22H20NaO5P. The van der Waals surface area contributed by atoms with E-state index in [1.165, 1.54) is 24.3 Å². The van der Waals surface area contributed by atoms with Crippen LogP contribution >= 0.6 is 7.82 Å². The van der Waals surface area contributed by atoms with Gasteiger partial charge in [0.1, 0.15) is 11.5 Å². The van der Waals surface area contributed by atoms with Crippen LogP contribution in [0.25, 0.3) is 0 Å². The van der Waals surface area contributed by atoms with E-state index >= 15 is 0 Å². The van der Waals surface area contributed by atoms with E-state index in [4.69, 9.17) is 9.05 Å². The smallest absolute Gasteiger partial charge is 0.736 e. The van der Waals surface area contributed by atoms with Crippen molar-refractivity contribution < 1.29 is 52.9 Å². The topological polar surface area (TPSA) is 75.7 Å². The Morgan fingerprint density at radius 2 is 1.41 bits per heavy atom. The first-order valence-corrected chi connectivity index (χ1v) is 10.2. The summed E-state index contributed by atoms with van der Waals surface area (Å²) in [6, 6.07) is 20.5. The van der Waals surface area contributed by atoms with Crippen molar-refractivity contribution in [3.05, 3.63) is 95.1 Å². The van der Waals surface area contributed by atoms with Gasteiger partial charge >= 0.3 is 37.4 Å². The predicted molar refractivity (Wildman–Crippen MR) is 106 cm³/mol. The number of ketones is 1. The molecular weight excluding hydrogens is 398 g/mol. The van der Waals surface area contributed by atoms with Gasteiger partial charge in [-0.3, -0.25) is 4.79 Å². The van der Waals surface area contributed by atoms with E-state index in [2.05, 4.69) is 0 Å². The first-order chi connectivity index (χ1) is 13.3. The maximum Gasteiger partial charge on any atom is 1.00 e. The number of phosphoric acid groups is 1. The van der Waals surface area contributed by atoms with Crippen LogP contribution in [0.3, 0.4) is 0 Å². The van der Waals surface area contributed by atoms with Crippen LogP contribution in [0.5, 0.6) is 11.5 Å². The van der Waals surface area contributed by atoms with E-state index in [1.807, 2.05) is 50.2 Å². The van der Waals surface area contributed by atoms with Crippen LogP contribution in [-0.4, -0.2) is 5.78 Å². The first kappa shape index (κ1) is 23.4. The Balaban J connectivity index is 0.00000300. The Morgan fingerprint density at radius 3 is 2.00 bits per heavy atom. The zero-order valence-corrected chi connectivity index (χ0v) is 19.5. The van der Waals surface area contributed by atoms with Gasteiger partial charge in [0, 0.05) is 12.0 Å². The van der Waals surface area contributed by atoms with Crippen LogP contribution in [0.15, 0.2) is 72.8 Å². The molecule has 7 heteroatoms. The van der Waals surface area contributed by atoms with Crippen LogP contribution in [0.4, 0.5) is 0 Å². The van der Waals surface area contributed by atoms with Crippen LogP contribution in [0.1, 0.15) is 27.0 Å². The number of hydrogen-bond acceptors (Lipinski definition) is 5. The summed E-state index contributed by atoms with van der Waals surface area (Å²) in [7, 11) is -4.60. The molecule has 0 bridgehead atoms. The number of Topliss-reactive ketones (excluding diaryl/α,β-unsaturated/α-hetero) is 1. The summed E-state index contributed by atoms with van der Waals surface area (Å²) in [6.07, 6.45) is 0.275. The molecule has 0 radical (unpaired) electrons. The third kappa shape index (κ3) is 7.14. The number of aryl methyl sites for hydroxylation is 2. The van der Waals surface area contributed by atoms with Crippen LogP contribution in [0.2, 0.25) is 0 Å². The van der Waals surface area contributed by atoms with E-state index in [9.17, 15) is 14.3 Å². The summed E-state index contributed by atoms with van der Waals surface area (Å²) in [5, 5.41) is 0. The summed E-state index contributed by atoms with van der Waals surface area (Å²) in [6.45, 7) is 3.70. The molecule has 0 saturated carbocycles. The second-order valence-corrected chi connectivity index (χ2v) is 7.82. The van der Waals surface area contributed by atoms with E-state index in [0.29, 0.717) is 5.56 Å². The average Bonchev–Trinajstić information content (AvgIpc) is 2.61. The van der Waals surface area contributed by atoms with Gasteiger partial charge in [0.15, 0.2) is 5.78 Å². The summed E-state index contributed by atoms with van der Waals surface area (Å²) in [4.78, 5) is 24.5. The van der Waals surface area contributed by atoms with Gasteiger partial charge in [0.25, 0.3) is 0 Å². The molecule has 0 N–H and O–H groups in total. The summed E-state index contributed by atoms with van der Waals surface area (Å²) in [5.74, 6) is 0.221. The molecule has 0 heterocycles. The quantitative estimate of drug-likeness (QED) is 0.332.